The van der Waals surface area contributed by atoms with Crippen LogP contribution in [0.3, 0.4) is 0 Å². The van der Waals surface area contributed by atoms with Crippen LogP contribution in [0.5, 0.6) is 0 Å². The van der Waals surface area contributed by atoms with E-state index >= 15 is 0 Å². The summed E-state index contributed by atoms with van der Waals surface area (Å²) in [5.74, 6) is -1.21. The second kappa shape index (κ2) is 11.3. The highest BCUT2D eigenvalue weighted by molar-refractivity contribution is 7.84. The first-order valence-electron chi connectivity index (χ1n) is 10.1. The number of aromatic nitrogens is 1. The normalized spacial score (nSPS) is 16.3. The van der Waals surface area contributed by atoms with Crippen molar-refractivity contribution in [3.63, 3.8) is 0 Å². The minimum absolute atomic E-state index is 0.157. The van der Waals surface area contributed by atoms with Gasteiger partial charge in [-0.05, 0) is 67.5 Å². The lowest BCUT2D eigenvalue weighted by Gasteiger charge is -2.23. The molecule has 11 heteroatoms. The summed E-state index contributed by atoms with van der Waals surface area (Å²) in [7, 11) is -3.11. The molecule has 0 amide bonds. The van der Waals surface area contributed by atoms with Crippen LogP contribution in [-0.4, -0.2) is 48.0 Å². The maximum absolute atomic E-state index is 12.6. The lowest BCUT2D eigenvalue weighted by molar-refractivity contribution is -0.146. The van der Waals surface area contributed by atoms with Gasteiger partial charge in [-0.1, -0.05) is 0 Å². The Hall–Kier alpha value is -1.56. The number of ether oxygens (including phenoxy) is 2. The van der Waals surface area contributed by atoms with Crippen LogP contribution in [-0.2, 0) is 41.0 Å². The van der Waals surface area contributed by atoms with Crippen molar-refractivity contribution in [2.75, 3.05) is 13.2 Å². The van der Waals surface area contributed by atoms with Crippen molar-refractivity contribution in [3.05, 3.63) is 23.5 Å². The van der Waals surface area contributed by atoms with Crippen molar-refractivity contribution in [2.45, 2.75) is 77.0 Å². The van der Waals surface area contributed by atoms with Gasteiger partial charge in [0.05, 0.1) is 44.7 Å². The standard InChI is InChI=1S/C20H35N3O6S2/c1-9-28-17(24)15(22-30(26)19(3,4)5)13-11-12-14(21-13)16(18(25)29-10-2)23-31(27)20(6,7)8/h11-12,15-16,21-23H,9-10H2,1-8H3/t15-,16-,30-,31-/m0/s1. The van der Waals surface area contributed by atoms with Crippen molar-refractivity contribution in [2.24, 2.45) is 0 Å². The molecule has 0 unspecified atom stereocenters. The quantitative estimate of drug-likeness (QED) is 0.444. The largest absolute Gasteiger partial charge is 0.465 e. The summed E-state index contributed by atoms with van der Waals surface area (Å²) in [6.45, 7) is 14.3. The van der Waals surface area contributed by atoms with Crippen LogP contribution < -0.4 is 9.44 Å². The van der Waals surface area contributed by atoms with Gasteiger partial charge in [-0.25, -0.2) is 27.5 Å². The zero-order valence-electron chi connectivity index (χ0n) is 19.5. The molecule has 0 aliphatic rings. The zero-order chi connectivity index (χ0) is 24.0. The molecule has 1 heterocycles. The monoisotopic (exact) mass is 477 g/mol. The molecule has 0 radical (unpaired) electrons. The van der Waals surface area contributed by atoms with Crippen molar-refractivity contribution in [3.8, 4) is 0 Å². The van der Waals surface area contributed by atoms with E-state index in [0.717, 1.165) is 0 Å². The summed E-state index contributed by atoms with van der Waals surface area (Å²) in [6.07, 6.45) is 0. The molecule has 0 fully saturated rings. The van der Waals surface area contributed by atoms with E-state index in [1.165, 1.54) is 0 Å². The molecule has 31 heavy (non-hydrogen) atoms. The predicted molar refractivity (Wildman–Crippen MR) is 122 cm³/mol. The number of carbonyl (C=O) groups is 2. The van der Waals surface area contributed by atoms with Gasteiger partial charge in [0.2, 0.25) is 0 Å². The van der Waals surface area contributed by atoms with Gasteiger partial charge < -0.3 is 14.5 Å². The summed E-state index contributed by atoms with van der Waals surface area (Å²) >= 11 is 0. The highest BCUT2D eigenvalue weighted by Gasteiger charge is 2.33. The van der Waals surface area contributed by atoms with Gasteiger partial charge in [0.1, 0.15) is 0 Å². The Morgan fingerprint density at radius 1 is 0.839 bits per heavy atom. The van der Waals surface area contributed by atoms with Gasteiger partial charge in [0, 0.05) is 11.4 Å². The first kappa shape index (κ1) is 27.5. The number of hydrogen-bond acceptors (Lipinski definition) is 6. The van der Waals surface area contributed by atoms with E-state index in [2.05, 4.69) is 14.4 Å². The minimum Gasteiger partial charge on any atom is -0.465 e. The van der Waals surface area contributed by atoms with Crippen LogP contribution in [0.1, 0.15) is 78.9 Å². The van der Waals surface area contributed by atoms with Crippen LogP contribution in [0.2, 0.25) is 0 Å². The van der Waals surface area contributed by atoms with Crippen molar-refractivity contribution < 1.29 is 27.5 Å². The molecule has 1 aromatic heterocycles. The Labute approximate surface area is 189 Å². The van der Waals surface area contributed by atoms with Gasteiger partial charge in [-0.2, -0.15) is 0 Å². The first-order valence-corrected chi connectivity index (χ1v) is 12.4. The summed E-state index contributed by atoms with van der Waals surface area (Å²) < 4.78 is 39.8. The lowest BCUT2D eigenvalue weighted by Crippen LogP contribution is -2.40. The molecule has 0 aromatic carbocycles. The van der Waals surface area contributed by atoms with E-state index in [9.17, 15) is 18.0 Å². The molecule has 0 aliphatic heterocycles. The number of nitrogens with one attached hydrogen (secondary N) is 3. The topological polar surface area (TPSA) is 127 Å². The molecule has 0 bridgehead atoms. The van der Waals surface area contributed by atoms with Gasteiger partial charge in [0.15, 0.2) is 12.1 Å². The van der Waals surface area contributed by atoms with E-state index in [0.29, 0.717) is 11.4 Å². The molecule has 1 aromatic rings. The van der Waals surface area contributed by atoms with E-state index in [1.807, 2.05) is 0 Å². The summed E-state index contributed by atoms with van der Waals surface area (Å²) in [6, 6.07) is 1.12. The maximum Gasteiger partial charge on any atom is 0.330 e. The average molecular weight is 478 g/mol. The first-order chi connectivity index (χ1) is 14.2. The Bertz CT molecular complexity index is 746. The third-order valence-corrected chi connectivity index (χ3v) is 7.08. The summed E-state index contributed by atoms with van der Waals surface area (Å²) in [5, 5.41) is 0. The molecule has 9 nitrogen and oxygen atoms in total. The zero-order valence-corrected chi connectivity index (χ0v) is 21.1. The van der Waals surface area contributed by atoms with Gasteiger partial charge in [0.25, 0.3) is 0 Å². The second-order valence-corrected chi connectivity index (χ2v) is 12.7. The Morgan fingerprint density at radius 3 is 1.42 bits per heavy atom. The summed E-state index contributed by atoms with van der Waals surface area (Å²) in [4.78, 5) is 28.1. The average Bonchev–Trinajstić information content (AvgIpc) is 3.11. The molecule has 1 rings (SSSR count). The van der Waals surface area contributed by atoms with E-state index < -0.39 is 55.5 Å². The smallest absolute Gasteiger partial charge is 0.330 e. The van der Waals surface area contributed by atoms with Crippen LogP contribution in [0.15, 0.2) is 12.1 Å². The second-order valence-electron chi connectivity index (χ2n) is 8.74. The van der Waals surface area contributed by atoms with E-state index in [4.69, 9.17) is 9.47 Å². The highest BCUT2D eigenvalue weighted by Crippen LogP contribution is 2.23. The fourth-order valence-corrected chi connectivity index (χ4v) is 3.84. The Morgan fingerprint density at radius 2 is 1.16 bits per heavy atom. The maximum atomic E-state index is 12.6. The molecule has 4 atom stereocenters. The molecule has 0 aliphatic carbocycles. The van der Waals surface area contributed by atoms with Crippen LogP contribution in [0.4, 0.5) is 0 Å². The number of H-pyrrole nitrogens is 1. The molecule has 178 valence electrons. The number of esters is 2. The number of rotatable bonds is 10. The van der Waals surface area contributed by atoms with Gasteiger partial charge >= 0.3 is 11.9 Å². The SMILES string of the molecule is CCOC(=O)[C@@H](N[S@@](=O)C(C)(C)C)c1ccc([C@H](N[S@@](=O)C(C)(C)C)C(=O)OCC)[nH]1. The molecule has 0 saturated carbocycles. The Balaban J connectivity index is 3.29. The fourth-order valence-electron chi connectivity index (χ4n) is 2.26. The third kappa shape index (κ3) is 8.13. The van der Waals surface area contributed by atoms with Gasteiger partial charge in [-0.3, -0.25) is 0 Å². The van der Waals surface area contributed by atoms with Crippen LogP contribution >= 0.6 is 0 Å². The predicted octanol–water partition coefficient (Wildman–Crippen LogP) is 2.33. The van der Waals surface area contributed by atoms with Crippen molar-refractivity contribution >= 4 is 33.9 Å². The highest BCUT2D eigenvalue weighted by atomic mass is 32.2. The Kier molecular flexibility index (Phi) is 10.1. The molecule has 0 saturated heterocycles. The molecule has 0 spiro atoms. The molecular weight excluding hydrogens is 442 g/mol. The number of hydrogen-bond donors (Lipinski definition) is 3. The lowest BCUT2D eigenvalue weighted by atomic mass is 10.2. The van der Waals surface area contributed by atoms with Crippen LogP contribution in [0, 0.1) is 0 Å². The third-order valence-electron chi connectivity index (χ3n) is 3.96. The fraction of sp³-hybridized carbons (Fsp3) is 0.700. The summed E-state index contributed by atoms with van der Waals surface area (Å²) in [5.41, 5.74) is 0.729. The van der Waals surface area contributed by atoms with Crippen molar-refractivity contribution in [1.82, 2.24) is 14.4 Å². The van der Waals surface area contributed by atoms with E-state index in [-0.39, 0.29) is 13.2 Å². The van der Waals surface area contributed by atoms with Crippen LogP contribution in [0.25, 0.3) is 0 Å². The molecule has 3 N–H and O–H groups in total. The number of carbonyl (C=O) groups excluding carboxylic acids is 2. The minimum atomic E-state index is -1.55. The van der Waals surface area contributed by atoms with Gasteiger partial charge in [-0.15, -0.1) is 0 Å². The van der Waals surface area contributed by atoms with E-state index in [1.54, 1.807) is 67.5 Å². The van der Waals surface area contributed by atoms with Crippen molar-refractivity contribution in [1.29, 1.82) is 0 Å². The molecular formula is C20H35N3O6S2. The number of aromatic amines is 1.